The number of ether oxygens (including phenoxy) is 8. The summed E-state index contributed by atoms with van der Waals surface area (Å²) in [5.41, 5.74) is -6.33. The van der Waals surface area contributed by atoms with Crippen molar-refractivity contribution < 1.29 is 76.3 Å². The zero-order valence-corrected chi connectivity index (χ0v) is 30.8. The summed E-state index contributed by atoms with van der Waals surface area (Å²) in [6, 6.07) is 2.95. The van der Waals surface area contributed by atoms with Gasteiger partial charge in [-0.25, -0.2) is 4.79 Å². The van der Waals surface area contributed by atoms with Gasteiger partial charge in [0.2, 0.25) is 0 Å². The van der Waals surface area contributed by atoms with Gasteiger partial charge in [0, 0.05) is 52.7 Å². The molecule has 2 saturated carbocycles. The van der Waals surface area contributed by atoms with Crippen molar-refractivity contribution in [1.29, 1.82) is 0 Å². The lowest BCUT2D eigenvalue weighted by Crippen LogP contribution is -2.83. The highest BCUT2D eigenvalue weighted by atomic mass is 16.7. The summed E-state index contributed by atoms with van der Waals surface area (Å²) >= 11 is 0. The Morgan fingerprint density at radius 1 is 0.830 bits per heavy atom. The molecule has 288 valence electrons. The van der Waals surface area contributed by atoms with Crippen molar-refractivity contribution in [2.24, 2.45) is 23.2 Å². The SMILES string of the molecule is CC(=O)OC[C@]12[C@H](OC(C)=O)[C@H](OC(C)=O)[C@H]3OC(=O)[C@@H](C)[C@@H](C)c4ncccc4C(=O)OC[C@@]4(C)O[C@]1([C@H]3C)[C@@H](OC(C)=O)[C@H]4C(=O)[C@@H]2OC(C)=O. The van der Waals surface area contributed by atoms with E-state index in [1.165, 1.54) is 39.1 Å². The molecule has 2 aliphatic carbocycles. The quantitative estimate of drug-likeness (QED) is 0.298. The highest BCUT2D eigenvalue weighted by Gasteiger charge is 2.88. The van der Waals surface area contributed by atoms with E-state index in [1.54, 1.807) is 6.92 Å². The second-order valence-electron chi connectivity index (χ2n) is 14.3. The average Bonchev–Trinajstić information content (AvgIpc) is 3.29. The fourth-order valence-electron chi connectivity index (χ4n) is 8.69. The normalized spacial score (nSPS) is 37.5. The van der Waals surface area contributed by atoms with Crippen LogP contribution < -0.4 is 0 Å². The zero-order valence-electron chi connectivity index (χ0n) is 30.8. The number of rotatable bonds is 6. The van der Waals surface area contributed by atoms with Gasteiger partial charge >= 0.3 is 41.8 Å². The molecule has 4 aliphatic rings. The minimum Gasteiger partial charge on any atom is -0.465 e. The molecule has 1 spiro atoms. The summed E-state index contributed by atoms with van der Waals surface area (Å²) in [6.07, 6.45) is -7.54. The molecular weight excluding hydrogens is 702 g/mol. The summed E-state index contributed by atoms with van der Waals surface area (Å²) < 4.78 is 48.0. The van der Waals surface area contributed by atoms with Gasteiger partial charge in [0.1, 0.15) is 42.0 Å². The molecule has 12 atom stereocenters. The zero-order chi connectivity index (χ0) is 39.4. The summed E-state index contributed by atoms with van der Waals surface area (Å²) in [6.45, 7) is 9.69. The molecule has 1 aromatic rings. The number of fused-ring (bicyclic) bond motifs is 5. The molecule has 0 amide bonds. The van der Waals surface area contributed by atoms with Crippen LogP contribution in [0.5, 0.6) is 0 Å². The molecular formula is C36H43NO16. The Morgan fingerprint density at radius 2 is 1.43 bits per heavy atom. The molecule has 17 heteroatoms. The summed E-state index contributed by atoms with van der Waals surface area (Å²) in [5.74, 6) is -12.1. The van der Waals surface area contributed by atoms with Crippen molar-refractivity contribution in [1.82, 2.24) is 4.98 Å². The van der Waals surface area contributed by atoms with Crippen LogP contribution in [0.4, 0.5) is 0 Å². The van der Waals surface area contributed by atoms with Crippen molar-refractivity contribution >= 4 is 47.6 Å². The van der Waals surface area contributed by atoms with E-state index in [9.17, 15) is 33.6 Å². The molecule has 2 aliphatic heterocycles. The number of hydrogen-bond donors (Lipinski definition) is 0. The van der Waals surface area contributed by atoms with E-state index in [2.05, 4.69) is 4.98 Å². The number of aromatic nitrogens is 1. The number of Topliss-reactive ketones (excluding diaryl/α,β-unsaturated/α-hetero) is 1. The number of carbonyl (C=O) groups is 8. The largest absolute Gasteiger partial charge is 0.465 e. The Morgan fingerprint density at radius 3 is 2.02 bits per heavy atom. The summed E-state index contributed by atoms with van der Waals surface area (Å²) in [5, 5.41) is 0. The lowest BCUT2D eigenvalue weighted by Gasteiger charge is -2.64. The smallest absolute Gasteiger partial charge is 0.340 e. The van der Waals surface area contributed by atoms with Crippen molar-refractivity contribution in [2.75, 3.05) is 13.2 Å². The van der Waals surface area contributed by atoms with Crippen LogP contribution in [-0.2, 0) is 71.5 Å². The van der Waals surface area contributed by atoms with Crippen LogP contribution >= 0.6 is 0 Å². The minimum atomic E-state index is -2.37. The lowest BCUT2D eigenvalue weighted by molar-refractivity contribution is -0.336. The second kappa shape index (κ2) is 14.1. The number of pyridine rings is 1. The number of carbonyl (C=O) groups excluding carboxylic acids is 8. The molecule has 0 radical (unpaired) electrons. The van der Waals surface area contributed by atoms with Crippen LogP contribution in [0.3, 0.4) is 0 Å². The number of hydrogen-bond acceptors (Lipinski definition) is 17. The van der Waals surface area contributed by atoms with Crippen LogP contribution in [0, 0.1) is 23.2 Å². The van der Waals surface area contributed by atoms with Gasteiger partial charge in [-0.3, -0.25) is 38.5 Å². The molecule has 1 saturated heterocycles. The van der Waals surface area contributed by atoms with Gasteiger partial charge in [0.25, 0.3) is 0 Å². The molecule has 0 aromatic carbocycles. The van der Waals surface area contributed by atoms with E-state index in [-0.39, 0.29) is 11.3 Å². The maximum absolute atomic E-state index is 15.0. The molecule has 1 aromatic heterocycles. The van der Waals surface area contributed by atoms with Gasteiger partial charge in [-0.15, -0.1) is 0 Å². The van der Waals surface area contributed by atoms with Crippen molar-refractivity contribution in [2.45, 2.75) is 110 Å². The van der Waals surface area contributed by atoms with Gasteiger partial charge in [-0.1, -0.05) is 20.8 Å². The van der Waals surface area contributed by atoms with E-state index in [0.29, 0.717) is 0 Å². The Hall–Kier alpha value is -4.93. The first-order valence-electron chi connectivity index (χ1n) is 17.1. The fraction of sp³-hybridized carbons (Fsp3) is 0.639. The standard InChI is InChI=1S/C36H43NO16/c1-15-16(2)32(44)52-27-17(3)36-29(49-20(6)40)24(34(9,53-36)13-47-33(45)23-11-10-12-37-25(15)23)26(43)30(50-21(7)41)35(36,14-46-18(4)38)31(51-22(8)42)28(27)48-19(5)39/h10-12,15-17,24,27-31H,13-14H2,1-9H3/t15-,16+,17+,24-,27+,28-,29+,30+,31-,34-,35+,36-/m1/s1. The Labute approximate surface area is 304 Å². The van der Waals surface area contributed by atoms with E-state index in [1.807, 2.05) is 0 Å². The third kappa shape index (κ3) is 6.31. The lowest BCUT2D eigenvalue weighted by atomic mass is 9.46. The first-order valence-corrected chi connectivity index (χ1v) is 17.1. The maximum Gasteiger partial charge on any atom is 0.340 e. The van der Waals surface area contributed by atoms with Crippen molar-refractivity contribution in [3.05, 3.63) is 29.6 Å². The highest BCUT2D eigenvalue weighted by Crippen LogP contribution is 2.67. The second-order valence-corrected chi connectivity index (χ2v) is 14.3. The average molecular weight is 746 g/mol. The summed E-state index contributed by atoms with van der Waals surface area (Å²) in [4.78, 5) is 112. The Balaban J connectivity index is 1.93. The van der Waals surface area contributed by atoms with Crippen LogP contribution in [0.15, 0.2) is 18.3 Å². The van der Waals surface area contributed by atoms with Crippen LogP contribution in [0.1, 0.15) is 84.3 Å². The van der Waals surface area contributed by atoms with Gasteiger partial charge in [0.05, 0.1) is 23.1 Å². The van der Waals surface area contributed by atoms with Gasteiger partial charge in [-0.05, 0) is 19.1 Å². The van der Waals surface area contributed by atoms with Crippen LogP contribution in [0.2, 0.25) is 0 Å². The number of ketones is 1. The Bertz CT molecular complexity index is 1740. The topological polar surface area (TPSA) is 223 Å². The van der Waals surface area contributed by atoms with E-state index >= 15 is 4.79 Å². The first kappa shape index (κ1) is 39.3. The molecule has 53 heavy (non-hydrogen) atoms. The molecule has 5 rings (SSSR count). The van der Waals surface area contributed by atoms with Crippen molar-refractivity contribution in [3.8, 4) is 0 Å². The van der Waals surface area contributed by atoms with Crippen LogP contribution in [0.25, 0.3) is 0 Å². The molecule has 0 N–H and O–H groups in total. The molecule has 0 unspecified atom stereocenters. The summed E-state index contributed by atoms with van der Waals surface area (Å²) in [7, 11) is 0. The molecule has 17 nitrogen and oxygen atoms in total. The first-order chi connectivity index (χ1) is 24.7. The highest BCUT2D eigenvalue weighted by molar-refractivity contribution is 5.94. The van der Waals surface area contributed by atoms with Gasteiger partial charge in [0.15, 0.2) is 24.1 Å². The number of esters is 7. The molecule has 3 fully saturated rings. The van der Waals surface area contributed by atoms with E-state index in [0.717, 1.165) is 34.6 Å². The fourth-order valence-corrected chi connectivity index (χ4v) is 8.69. The molecule has 4 bridgehead atoms. The third-order valence-corrected chi connectivity index (χ3v) is 10.9. The van der Waals surface area contributed by atoms with E-state index in [4.69, 9.17) is 37.9 Å². The predicted molar refractivity (Wildman–Crippen MR) is 173 cm³/mol. The van der Waals surface area contributed by atoms with Crippen LogP contribution in [-0.4, -0.2) is 107 Å². The number of nitrogens with zero attached hydrogens (tertiary/aromatic N) is 1. The molecule has 3 heterocycles. The monoisotopic (exact) mass is 745 g/mol. The third-order valence-electron chi connectivity index (χ3n) is 10.9. The maximum atomic E-state index is 15.0. The number of cyclic esters (lactones) is 1. The predicted octanol–water partition coefficient (Wildman–Crippen LogP) is 1.56. The minimum absolute atomic E-state index is 0.00516. The van der Waals surface area contributed by atoms with E-state index < -0.39 is 132 Å². The van der Waals surface area contributed by atoms with Gasteiger partial charge in [-0.2, -0.15) is 0 Å². The Kier molecular flexibility index (Phi) is 10.5. The van der Waals surface area contributed by atoms with Gasteiger partial charge < -0.3 is 37.9 Å². The van der Waals surface area contributed by atoms with Crippen molar-refractivity contribution in [3.63, 3.8) is 0 Å².